The van der Waals surface area contributed by atoms with Gasteiger partial charge in [-0.1, -0.05) is 0 Å². The van der Waals surface area contributed by atoms with E-state index < -0.39 is 29.1 Å². The zero-order chi connectivity index (χ0) is 14.4. The Morgan fingerprint density at radius 3 is 2.11 bits per heavy atom. The third kappa shape index (κ3) is 2.71. The third-order valence-electron chi connectivity index (χ3n) is 3.77. The minimum absolute atomic E-state index is 0.0670. The number of rotatable bonds is 2. The Hall–Kier alpha value is -0.845. The topological polar surface area (TPSA) is 55.8 Å². The predicted molar refractivity (Wildman–Crippen MR) is 76.2 cm³/mol. The van der Waals surface area contributed by atoms with Gasteiger partial charge in [0.1, 0.15) is 5.75 Å². The van der Waals surface area contributed by atoms with Crippen LogP contribution in [0.4, 0.5) is 0 Å². The molecule has 1 heterocycles. The Morgan fingerprint density at radius 2 is 1.63 bits per heavy atom. The Labute approximate surface area is 116 Å². The molecule has 1 aromatic carbocycles. The minimum atomic E-state index is -1.16. The lowest BCUT2D eigenvalue weighted by Crippen LogP contribution is -2.41. The summed E-state index contributed by atoms with van der Waals surface area (Å²) in [7, 11) is -1.72. The van der Waals surface area contributed by atoms with Crippen molar-refractivity contribution in [3.63, 3.8) is 0 Å². The largest absolute Gasteiger partial charge is 0.508 e. The van der Waals surface area contributed by atoms with E-state index in [-0.39, 0.29) is 5.75 Å². The van der Waals surface area contributed by atoms with Crippen LogP contribution < -0.4 is 5.46 Å². The third-order valence-corrected chi connectivity index (χ3v) is 4.67. The van der Waals surface area contributed by atoms with Gasteiger partial charge in [-0.05, 0) is 51.4 Å². The first-order valence-corrected chi connectivity index (χ1v) is 7.71. The van der Waals surface area contributed by atoms with Crippen molar-refractivity contribution in [2.24, 2.45) is 0 Å². The van der Waals surface area contributed by atoms with Crippen LogP contribution in [0.25, 0.3) is 0 Å². The standard InChI is InChI=1S/C13H19BO4S/c1-12(2)13(3,4)18-14(17-12)9-6-10(15)8-11(7-9)19(5)16/h6-8,15H,1-5H3. The first-order chi connectivity index (χ1) is 8.62. The molecule has 1 unspecified atom stereocenters. The molecule has 1 fully saturated rings. The Balaban J connectivity index is 2.37. The molecule has 2 rings (SSSR count). The van der Waals surface area contributed by atoms with Gasteiger partial charge in [0.2, 0.25) is 0 Å². The summed E-state index contributed by atoms with van der Waals surface area (Å²) in [6.45, 7) is 7.87. The molecule has 1 aliphatic rings. The van der Waals surface area contributed by atoms with Gasteiger partial charge in [-0.25, -0.2) is 0 Å². The molecular formula is C13H19BO4S. The Kier molecular flexibility index (Phi) is 3.54. The maximum atomic E-state index is 11.5. The van der Waals surface area contributed by atoms with Gasteiger partial charge in [0.15, 0.2) is 0 Å². The maximum absolute atomic E-state index is 11.5. The zero-order valence-electron chi connectivity index (χ0n) is 11.9. The van der Waals surface area contributed by atoms with Crippen molar-refractivity contribution in [1.82, 2.24) is 0 Å². The van der Waals surface area contributed by atoms with Crippen LogP contribution in [0.2, 0.25) is 0 Å². The normalized spacial score (nSPS) is 22.5. The van der Waals surface area contributed by atoms with Crippen molar-refractivity contribution >= 4 is 23.4 Å². The molecule has 1 saturated heterocycles. The van der Waals surface area contributed by atoms with Gasteiger partial charge in [0.25, 0.3) is 0 Å². The molecule has 1 atom stereocenters. The van der Waals surface area contributed by atoms with E-state index in [1.54, 1.807) is 18.4 Å². The molecule has 1 N–H and O–H groups in total. The molecule has 19 heavy (non-hydrogen) atoms. The fourth-order valence-electron chi connectivity index (χ4n) is 1.89. The molecule has 0 aromatic heterocycles. The highest BCUT2D eigenvalue weighted by molar-refractivity contribution is 7.84. The van der Waals surface area contributed by atoms with Crippen molar-refractivity contribution in [2.45, 2.75) is 43.8 Å². The summed E-state index contributed by atoms with van der Waals surface area (Å²) in [4.78, 5) is 0.560. The fourth-order valence-corrected chi connectivity index (χ4v) is 2.48. The summed E-state index contributed by atoms with van der Waals surface area (Å²) in [6, 6.07) is 4.82. The van der Waals surface area contributed by atoms with Crippen LogP contribution in [0.15, 0.2) is 23.1 Å². The van der Waals surface area contributed by atoms with Crippen molar-refractivity contribution in [3.05, 3.63) is 18.2 Å². The second kappa shape index (κ2) is 4.61. The van der Waals surface area contributed by atoms with Crippen LogP contribution >= 0.6 is 0 Å². The lowest BCUT2D eigenvalue weighted by Gasteiger charge is -2.32. The van der Waals surface area contributed by atoms with E-state index in [2.05, 4.69) is 0 Å². The molecule has 0 spiro atoms. The first-order valence-electron chi connectivity index (χ1n) is 6.15. The number of benzene rings is 1. The maximum Gasteiger partial charge on any atom is 0.495 e. The van der Waals surface area contributed by atoms with Crippen LogP contribution in [-0.2, 0) is 20.1 Å². The van der Waals surface area contributed by atoms with E-state index in [9.17, 15) is 9.32 Å². The number of aromatic hydroxyl groups is 1. The van der Waals surface area contributed by atoms with E-state index in [1.807, 2.05) is 27.7 Å². The van der Waals surface area contributed by atoms with Crippen molar-refractivity contribution in [2.75, 3.05) is 6.26 Å². The van der Waals surface area contributed by atoms with Gasteiger partial charge in [-0.15, -0.1) is 0 Å². The highest BCUT2D eigenvalue weighted by Gasteiger charge is 2.51. The highest BCUT2D eigenvalue weighted by Crippen LogP contribution is 2.36. The van der Waals surface area contributed by atoms with E-state index in [4.69, 9.17) is 9.31 Å². The van der Waals surface area contributed by atoms with Crippen molar-refractivity contribution in [1.29, 1.82) is 0 Å². The van der Waals surface area contributed by atoms with Gasteiger partial charge in [-0.2, -0.15) is 0 Å². The molecule has 104 valence electrons. The fraction of sp³-hybridized carbons (Fsp3) is 0.538. The lowest BCUT2D eigenvalue weighted by atomic mass is 9.79. The molecule has 0 radical (unpaired) electrons. The van der Waals surface area contributed by atoms with Gasteiger partial charge >= 0.3 is 7.12 Å². The summed E-state index contributed by atoms with van der Waals surface area (Å²) >= 11 is 0. The summed E-state index contributed by atoms with van der Waals surface area (Å²) in [5.41, 5.74) is -0.188. The highest BCUT2D eigenvalue weighted by atomic mass is 32.2. The van der Waals surface area contributed by atoms with Crippen LogP contribution in [0.1, 0.15) is 27.7 Å². The van der Waals surface area contributed by atoms with E-state index in [0.29, 0.717) is 10.4 Å². The van der Waals surface area contributed by atoms with Crippen LogP contribution in [-0.4, -0.2) is 33.9 Å². The van der Waals surface area contributed by atoms with Gasteiger partial charge in [0, 0.05) is 22.0 Å². The van der Waals surface area contributed by atoms with E-state index in [1.165, 1.54) is 6.07 Å². The molecule has 4 nitrogen and oxygen atoms in total. The lowest BCUT2D eigenvalue weighted by molar-refractivity contribution is 0.00578. The molecule has 1 aromatic rings. The van der Waals surface area contributed by atoms with Crippen LogP contribution in [0, 0.1) is 0 Å². The Morgan fingerprint density at radius 1 is 1.11 bits per heavy atom. The molecule has 1 aliphatic heterocycles. The smallest absolute Gasteiger partial charge is 0.495 e. The van der Waals surface area contributed by atoms with E-state index in [0.717, 1.165) is 0 Å². The minimum Gasteiger partial charge on any atom is -0.508 e. The number of hydrogen-bond acceptors (Lipinski definition) is 4. The molecule has 0 saturated carbocycles. The van der Waals surface area contributed by atoms with Gasteiger partial charge in [-0.3, -0.25) is 4.21 Å². The molecule has 6 heteroatoms. The second-order valence-corrected chi connectivity index (χ2v) is 7.18. The monoisotopic (exact) mass is 282 g/mol. The summed E-state index contributed by atoms with van der Waals surface area (Å²) in [6.07, 6.45) is 1.57. The number of hydrogen-bond donors (Lipinski definition) is 1. The van der Waals surface area contributed by atoms with Crippen molar-refractivity contribution < 1.29 is 18.6 Å². The average molecular weight is 282 g/mol. The molecule has 0 aliphatic carbocycles. The zero-order valence-corrected chi connectivity index (χ0v) is 12.7. The molecule has 0 bridgehead atoms. The average Bonchev–Trinajstić information content (AvgIpc) is 2.47. The molecular weight excluding hydrogens is 263 g/mol. The quantitative estimate of drug-likeness (QED) is 0.834. The first kappa shape index (κ1) is 14.6. The van der Waals surface area contributed by atoms with Crippen LogP contribution in [0.5, 0.6) is 5.75 Å². The van der Waals surface area contributed by atoms with E-state index >= 15 is 0 Å². The van der Waals surface area contributed by atoms with Gasteiger partial charge < -0.3 is 14.4 Å². The van der Waals surface area contributed by atoms with Gasteiger partial charge in [0.05, 0.1) is 11.2 Å². The number of phenolic OH excluding ortho intramolecular Hbond substituents is 1. The van der Waals surface area contributed by atoms with Crippen LogP contribution in [0.3, 0.4) is 0 Å². The SMILES string of the molecule is CS(=O)c1cc(O)cc(B2OC(C)(C)C(C)(C)O2)c1. The van der Waals surface area contributed by atoms with Crippen molar-refractivity contribution in [3.8, 4) is 5.75 Å². The predicted octanol–water partition coefficient (Wildman–Crippen LogP) is 1.43. The summed E-state index contributed by atoms with van der Waals surface area (Å²) < 4.78 is 23.4. The summed E-state index contributed by atoms with van der Waals surface area (Å²) in [5, 5.41) is 9.72. The summed E-state index contributed by atoms with van der Waals surface area (Å²) in [5.74, 6) is 0.0670. The molecule has 0 amide bonds. The number of phenols is 1. The Bertz CT molecular complexity index is 511. The second-order valence-electron chi connectivity index (χ2n) is 5.80.